The van der Waals surface area contributed by atoms with Crippen LogP contribution in [0.25, 0.3) is 0 Å². The van der Waals surface area contributed by atoms with Crippen LogP contribution < -0.4 is 10.6 Å². The van der Waals surface area contributed by atoms with Crippen LogP contribution in [-0.2, 0) is 6.42 Å². The molecule has 7 heteroatoms. The summed E-state index contributed by atoms with van der Waals surface area (Å²) >= 11 is 6.08. The normalized spacial score (nSPS) is 10.4. The van der Waals surface area contributed by atoms with E-state index in [-0.39, 0.29) is 17.4 Å². The Morgan fingerprint density at radius 3 is 2.46 bits per heavy atom. The summed E-state index contributed by atoms with van der Waals surface area (Å²) in [4.78, 5) is 12.1. The first-order valence-corrected chi connectivity index (χ1v) is 8.37. The van der Waals surface area contributed by atoms with Crippen LogP contribution in [0, 0.1) is 5.82 Å². The molecule has 3 rings (SSSR count). The third kappa shape index (κ3) is 4.77. The largest absolute Gasteiger partial charge is 0.350 e. The summed E-state index contributed by atoms with van der Waals surface area (Å²) in [6.07, 6.45) is 0.603. The summed E-state index contributed by atoms with van der Waals surface area (Å²) in [5.41, 5.74) is 1.87. The first-order valence-electron chi connectivity index (χ1n) is 8.00. The van der Waals surface area contributed by atoms with Crippen molar-refractivity contribution in [2.75, 3.05) is 11.9 Å². The molecule has 1 amide bonds. The highest BCUT2D eigenvalue weighted by molar-refractivity contribution is 6.33. The lowest BCUT2D eigenvalue weighted by Crippen LogP contribution is -2.26. The maximum Gasteiger partial charge on any atom is 0.271 e. The van der Waals surface area contributed by atoms with Crippen molar-refractivity contribution in [1.82, 2.24) is 15.5 Å². The smallest absolute Gasteiger partial charge is 0.271 e. The Hall–Kier alpha value is -2.99. The first kappa shape index (κ1) is 17.8. The van der Waals surface area contributed by atoms with E-state index in [0.29, 0.717) is 29.5 Å². The van der Waals surface area contributed by atoms with Gasteiger partial charge in [-0.2, -0.15) is 0 Å². The van der Waals surface area contributed by atoms with E-state index in [1.807, 2.05) is 18.2 Å². The topological polar surface area (TPSA) is 66.9 Å². The minimum atomic E-state index is -0.316. The average Bonchev–Trinajstić information content (AvgIpc) is 2.66. The van der Waals surface area contributed by atoms with Crippen molar-refractivity contribution in [3.8, 4) is 0 Å². The van der Waals surface area contributed by atoms with Gasteiger partial charge >= 0.3 is 0 Å². The predicted octanol–water partition coefficient (Wildman–Crippen LogP) is 3.99. The number of carbonyl (C=O) groups excluding carboxylic acids is 1. The third-order valence-electron chi connectivity index (χ3n) is 3.65. The number of aromatic nitrogens is 2. The van der Waals surface area contributed by atoms with E-state index in [1.165, 1.54) is 12.1 Å². The highest BCUT2D eigenvalue weighted by atomic mass is 35.5. The lowest BCUT2D eigenvalue weighted by molar-refractivity contribution is 0.0948. The van der Waals surface area contributed by atoms with E-state index in [4.69, 9.17) is 11.6 Å². The van der Waals surface area contributed by atoms with Crippen molar-refractivity contribution in [1.29, 1.82) is 0 Å². The monoisotopic (exact) mass is 370 g/mol. The molecule has 0 saturated carbocycles. The highest BCUT2D eigenvalue weighted by Gasteiger charge is 2.08. The van der Waals surface area contributed by atoms with E-state index >= 15 is 0 Å². The van der Waals surface area contributed by atoms with E-state index in [0.717, 1.165) is 5.56 Å². The Morgan fingerprint density at radius 2 is 1.77 bits per heavy atom. The van der Waals surface area contributed by atoms with Crippen LogP contribution in [-0.4, -0.2) is 22.6 Å². The molecule has 0 radical (unpaired) electrons. The molecule has 0 saturated heterocycles. The van der Waals surface area contributed by atoms with Gasteiger partial charge in [-0.3, -0.25) is 4.79 Å². The number of anilines is 2. The summed E-state index contributed by atoms with van der Waals surface area (Å²) in [7, 11) is 0. The van der Waals surface area contributed by atoms with Crippen molar-refractivity contribution in [2.45, 2.75) is 6.42 Å². The molecule has 1 heterocycles. The molecular formula is C19H16ClFN4O. The van der Waals surface area contributed by atoms with E-state index in [9.17, 15) is 9.18 Å². The summed E-state index contributed by atoms with van der Waals surface area (Å²) in [6.45, 7) is 0.422. The molecule has 0 fully saturated rings. The summed E-state index contributed by atoms with van der Waals surface area (Å²) in [5.74, 6) is -0.108. The minimum absolute atomic E-state index is 0.216. The number of hydrogen-bond donors (Lipinski definition) is 2. The molecule has 5 nitrogen and oxygen atoms in total. The number of nitrogens with one attached hydrogen (secondary N) is 2. The van der Waals surface area contributed by atoms with E-state index in [1.54, 1.807) is 30.3 Å². The van der Waals surface area contributed by atoms with Gasteiger partial charge in [-0.25, -0.2) is 4.39 Å². The third-order valence-corrected chi connectivity index (χ3v) is 3.98. The summed E-state index contributed by atoms with van der Waals surface area (Å²) in [5, 5.41) is 14.3. The number of rotatable bonds is 6. The molecule has 0 aliphatic rings. The number of para-hydroxylation sites is 1. The zero-order chi connectivity index (χ0) is 18.4. The summed E-state index contributed by atoms with van der Waals surface area (Å²) < 4.78 is 12.9. The van der Waals surface area contributed by atoms with Gasteiger partial charge in [0.15, 0.2) is 11.5 Å². The van der Waals surface area contributed by atoms with Crippen LogP contribution in [0.1, 0.15) is 16.1 Å². The molecule has 0 atom stereocenters. The van der Waals surface area contributed by atoms with Gasteiger partial charge < -0.3 is 10.6 Å². The second-order valence-corrected chi connectivity index (χ2v) is 5.95. The van der Waals surface area contributed by atoms with Gasteiger partial charge in [-0.05, 0) is 48.4 Å². The average molecular weight is 371 g/mol. The van der Waals surface area contributed by atoms with Gasteiger partial charge in [0.05, 0.1) is 10.7 Å². The van der Waals surface area contributed by atoms with Crippen molar-refractivity contribution >= 4 is 29.0 Å². The number of amides is 1. The number of hydrogen-bond acceptors (Lipinski definition) is 4. The van der Waals surface area contributed by atoms with Crippen LogP contribution >= 0.6 is 11.6 Å². The summed E-state index contributed by atoms with van der Waals surface area (Å²) in [6, 6.07) is 16.7. The Labute approximate surface area is 155 Å². The molecular weight excluding hydrogens is 355 g/mol. The first-order chi connectivity index (χ1) is 12.6. The van der Waals surface area contributed by atoms with Crippen LogP contribution in [0.4, 0.5) is 15.9 Å². The molecule has 0 bridgehead atoms. The molecule has 26 heavy (non-hydrogen) atoms. The van der Waals surface area contributed by atoms with Gasteiger partial charge in [-0.15, -0.1) is 10.2 Å². The fourth-order valence-electron chi connectivity index (χ4n) is 2.28. The molecule has 0 aliphatic heterocycles. The predicted molar refractivity (Wildman–Crippen MR) is 99.2 cm³/mol. The van der Waals surface area contributed by atoms with Crippen LogP contribution in [0.5, 0.6) is 0 Å². The van der Waals surface area contributed by atoms with Crippen LogP contribution in [0.2, 0.25) is 5.02 Å². The van der Waals surface area contributed by atoms with E-state index in [2.05, 4.69) is 20.8 Å². The molecule has 2 aromatic carbocycles. The lowest BCUT2D eigenvalue weighted by atomic mass is 10.1. The van der Waals surface area contributed by atoms with Crippen LogP contribution in [0.3, 0.4) is 0 Å². The van der Waals surface area contributed by atoms with Gasteiger partial charge in [0.25, 0.3) is 5.91 Å². The molecule has 0 unspecified atom stereocenters. The second-order valence-electron chi connectivity index (χ2n) is 5.54. The SMILES string of the molecule is O=C(NCCc1ccc(F)cc1)c1ccc(Nc2ccccc2Cl)nn1. The molecule has 0 aliphatic carbocycles. The van der Waals surface area contributed by atoms with Crippen molar-refractivity contribution < 1.29 is 9.18 Å². The molecule has 3 aromatic rings. The van der Waals surface area contributed by atoms with Gasteiger partial charge in [-0.1, -0.05) is 35.9 Å². The quantitative estimate of drug-likeness (QED) is 0.688. The standard InChI is InChI=1S/C19H16ClFN4O/c20-15-3-1-2-4-16(15)23-18-10-9-17(24-25-18)19(26)22-12-11-13-5-7-14(21)8-6-13/h1-10H,11-12H2,(H,22,26)(H,23,25). The van der Waals surface area contributed by atoms with Gasteiger partial charge in [0.1, 0.15) is 5.82 Å². The fourth-order valence-corrected chi connectivity index (χ4v) is 2.47. The molecule has 1 aromatic heterocycles. The zero-order valence-corrected chi connectivity index (χ0v) is 14.5. The van der Waals surface area contributed by atoms with Crippen molar-refractivity contribution in [3.05, 3.63) is 82.8 Å². The maximum atomic E-state index is 12.9. The maximum absolute atomic E-state index is 12.9. The zero-order valence-electron chi connectivity index (χ0n) is 13.7. The fraction of sp³-hybridized carbons (Fsp3) is 0.105. The number of benzene rings is 2. The van der Waals surface area contributed by atoms with Gasteiger partial charge in [0.2, 0.25) is 0 Å². The molecule has 132 valence electrons. The van der Waals surface area contributed by atoms with Crippen LogP contribution in [0.15, 0.2) is 60.7 Å². The number of halogens is 2. The Morgan fingerprint density at radius 1 is 1.00 bits per heavy atom. The van der Waals surface area contributed by atoms with Crippen molar-refractivity contribution in [3.63, 3.8) is 0 Å². The lowest BCUT2D eigenvalue weighted by Gasteiger charge is -2.08. The van der Waals surface area contributed by atoms with E-state index < -0.39 is 0 Å². The minimum Gasteiger partial charge on any atom is -0.350 e. The number of nitrogens with zero attached hydrogens (tertiary/aromatic N) is 2. The van der Waals surface area contributed by atoms with Crippen molar-refractivity contribution in [2.24, 2.45) is 0 Å². The number of carbonyl (C=O) groups is 1. The Kier molecular flexibility index (Phi) is 5.76. The molecule has 2 N–H and O–H groups in total. The Bertz CT molecular complexity index is 885. The Balaban J connectivity index is 1.53. The van der Waals surface area contributed by atoms with Gasteiger partial charge in [0, 0.05) is 6.54 Å². The molecule has 0 spiro atoms. The second kappa shape index (κ2) is 8.40. The highest BCUT2D eigenvalue weighted by Crippen LogP contribution is 2.23.